The summed E-state index contributed by atoms with van der Waals surface area (Å²) in [5.74, 6) is 1.20. The molecule has 0 aliphatic carbocycles. The Bertz CT molecular complexity index is 1060. The molecule has 1 fully saturated rings. The van der Waals surface area contributed by atoms with Crippen LogP contribution in [0, 0.1) is 12.8 Å². The van der Waals surface area contributed by atoms with Gasteiger partial charge in [-0.05, 0) is 62.6 Å². The van der Waals surface area contributed by atoms with Gasteiger partial charge < -0.3 is 9.64 Å². The lowest BCUT2D eigenvalue weighted by molar-refractivity contribution is 0.0631. The lowest BCUT2D eigenvalue weighted by atomic mass is 9.89. The molecule has 2 aromatic carbocycles. The number of Topliss-reactive ketones (excluding diaryl/α,β-unsaturated/α-hetero) is 1. The Morgan fingerprint density at radius 2 is 1.81 bits per heavy atom. The Morgan fingerprint density at radius 3 is 2.48 bits per heavy atom. The van der Waals surface area contributed by atoms with Gasteiger partial charge in [0.1, 0.15) is 11.5 Å². The van der Waals surface area contributed by atoms with E-state index < -0.39 is 0 Å². The highest BCUT2D eigenvalue weighted by Gasteiger charge is 2.31. The minimum atomic E-state index is -0.205. The number of ether oxygens (including phenoxy) is 1. The Morgan fingerprint density at radius 1 is 1.10 bits per heavy atom. The van der Waals surface area contributed by atoms with Crippen LogP contribution in [0.3, 0.4) is 0 Å². The molecule has 1 saturated heterocycles. The summed E-state index contributed by atoms with van der Waals surface area (Å²) in [6.07, 6.45) is 2.39. The number of nitrogens with zero attached hydrogens (tertiary/aromatic N) is 2. The minimum Gasteiger partial charge on any atom is -0.457 e. The minimum absolute atomic E-state index is 0.0664. The fourth-order valence-corrected chi connectivity index (χ4v) is 4.06. The van der Waals surface area contributed by atoms with Gasteiger partial charge in [0.05, 0.1) is 0 Å². The van der Waals surface area contributed by atoms with Crippen molar-refractivity contribution in [2.75, 3.05) is 13.1 Å². The molecule has 1 unspecified atom stereocenters. The van der Waals surface area contributed by atoms with Crippen LogP contribution in [0.2, 0.25) is 0 Å². The number of H-pyrrole nitrogens is 1. The monoisotopic (exact) mass is 417 g/mol. The number of benzene rings is 2. The van der Waals surface area contributed by atoms with Gasteiger partial charge in [-0.25, -0.2) is 0 Å². The summed E-state index contributed by atoms with van der Waals surface area (Å²) < 4.78 is 5.80. The summed E-state index contributed by atoms with van der Waals surface area (Å²) in [6.45, 7) is 5.02. The van der Waals surface area contributed by atoms with Crippen LogP contribution in [-0.2, 0) is 6.42 Å². The average molecular weight is 418 g/mol. The number of carbonyl (C=O) groups is 2. The molecule has 0 radical (unpaired) electrons. The second-order valence-corrected chi connectivity index (χ2v) is 7.92. The summed E-state index contributed by atoms with van der Waals surface area (Å²) in [6, 6.07) is 16.8. The first kappa shape index (κ1) is 20.8. The van der Waals surface area contributed by atoms with Gasteiger partial charge in [-0.15, -0.1) is 0 Å². The first-order chi connectivity index (χ1) is 15.1. The highest BCUT2D eigenvalue weighted by atomic mass is 16.5. The number of amides is 1. The van der Waals surface area contributed by atoms with E-state index in [1.165, 1.54) is 0 Å². The topological polar surface area (TPSA) is 75.3 Å². The molecule has 0 saturated carbocycles. The van der Waals surface area contributed by atoms with Gasteiger partial charge in [0.2, 0.25) is 0 Å². The summed E-state index contributed by atoms with van der Waals surface area (Å²) >= 11 is 0. The molecule has 1 N–H and O–H groups in total. The maximum atomic E-state index is 13.1. The molecule has 4 rings (SSSR count). The van der Waals surface area contributed by atoms with Crippen molar-refractivity contribution in [1.82, 2.24) is 15.1 Å². The van der Waals surface area contributed by atoms with Gasteiger partial charge in [-0.2, -0.15) is 5.10 Å². The maximum Gasteiger partial charge on any atom is 0.274 e. The van der Waals surface area contributed by atoms with E-state index in [1.807, 2.05) is 56.3 Å². The number of rotatable bonds is 6. The number of aryl methyl sites for hydroxylation is 1. The second kappa shape index (κ2) is 9.16. The van der Waals surface area contributed by atoms with Gasteiger partial charge in [0, 0.05) is 35.8 Å². The molecule has 1 aliphatic rings. The van der Waals surface area contributed by atoms with Crippen molar-refractivity contribution in [2.45, 2.75) is 33.1 Å². The van der Waals surface area contributed by atoms with Crippen molar-refractivity contribution in [3.63, 3.8) is 0 Å². The number of likely N-dealkylation sites (tertiary alicyclic amines) is 1. The highest BCUT2D eigenvalue weighted by molar-refractivity contribution is 5.99. The normalized spacial score (nSPS) is 16.2. The molecular weight excluding hydrogens is 390 g/mol. The van der Waals surface area contributed by atoms with E-state index in [2.05, 4.69) is 10.2 Å². The second-order valence-electron chi connectivity index (χ2n) is 7.92. The molecule has 6 nitrogen and oxygen atoms in total. The third-order valence-corrected chi connectivity index (χ3v) is 5.86. The molecule has 1 aliphatic heterocycles. The number of ketones is 1. The zero-order valence-corrected chi connectivity index (χ0v) is 17.9. The van der Waals surface area contributed by atoms with Crippen molar-refractivity contribution in [1.29, 1.82) is 0 Å². The zero-order valence-electron chi connectivity index (χ0n) is 17.9. The molecule has 1 atom stereocenters. The largest absolute Gasteiger partial charge is 0.457 e. The predicted molar refractivity (Wildman–Crippen MR) is 119 cm³/mol. The van der Waals surface area contributed by atoms with Gasteiger partial charge in [-0.3, -0.25) is 14.7 Å². The zero-order chi connectivity index (χ0) is 21.8. The summed E-state index contributed by atoms with van der Waals surface area (Å²) in [5.41, 5.74) is 2.98. The number of carbonyl (C=O) groups excluding carboxylic acids is 2. The van der Waals surface area contributed by atoms with E-state index >= 15 is 0 Å². The molecule has 31 heavy (non-hydrogen) atoms. The predicted octanol–water partition coefficient (Wildman–Crippen LogP) is 4.81. The van der Waals surface area contributed by atoms with Crippen LogP contribution in [0.5, 0.6) is 11.5 Å². The number of hydrogen-bond donors (Lipinski definition) is 1. The fraction of sp³-hybridized carbons (Fsp3) is 0.320. The molecule has 1 amide bonds. The smallest absolute Gasteiger partial charge is 0.274 e. The van der Waals surface area contributed by atoms with Gasteiger partial charge in [-0.1, -0.05) is 25.1 Å². The van der Waals surface area contributed by atoms with E-state index in [0.29, 0.717) is 30.1 Å². The van der Waals surface area contributed by atoms with Crippen LogP contribution in [0.15, 0.2) is 54.6 Å². The quantitative estimate of drug-likeness (QED) is 0.584. The molecule has 6 heteroatoms. The van der Waals surface area contributed by atoms with E-state index in [0.717, 1.165) is 36.3 Å². The van der Waals surface area contributed by atoms with Crippen LogP contribution >= 0.6 is 0 Å². The van der Waals surface area contributed by atoms with Crippen molar-refractivity contribution in [3.8, 4) is 11.5 Å². The van der Waals surface area contributed by atoms with Crippen LogP contribution < -0.4 is 4.74 Å². The molecule has 0 spiro atoms. The van der Waals surface area contributed by atoms with Gasteiger partial charge >= 0.3 is 0 Å². The third-order valence-electron chi connectivity index (χ3n) is 5.86. The van der Waals surface area contributed by atoms with Crippen LogP contribution in [0.1, 0.15) is 51.9 Å². The molecule has 1 aromatic heterocycles. The van der Waals surface area contributed by atoms with Crippen LogP contribution in [0.4, 0.5) is 0 Å². The highest BCUT2D eigenvalue weighted by Crippen LogP contribution is 2.26. The number of aromatic nitrogens is 2. The summed E-state index contributed by atoms with van der Waals surface area (Å²) in [7, 11) is 0. The number of aromatic amines is 1. The SMILES string of the molecule is CCc1[nH]nc(C(=O)N2CCCC(C(=O)c3ccc(Oc4ccccc4)cc3)C2)c1C. The van der Waals surface area contributed by atoms with E-state index in [1.54, 1.807) is 17.0 Å². The van der Waals surface area contributed by atoms with E-state index in [9.17, 15) is 9.59 Å². The van der Waals surface area contributed by atoms with Crippen LogP contribution in [0.25, 0.3) is 0 Å². The number of nitrogens with one attached hydrogen (secondary N) is 1. The Balaban J connectivity index is 1.42. The Labute approximate surface area is 182 Å². The lowest BCUT2D eigenvalue weighted by Gasteiger charge is -2.31. The summed E-state index contributed by atoms with van der Waals surface area (Å²) in [5, 5.41) is 7.17. The van der Waals surface area contributed by atoms with Crippen LogP contribution in [-0.4, -0.2) is 39.9 Å². The van der Waals surface area contributed by atoms with E-state index in [4.69, 9.17) is 4.74 Å². The molecule has 2 heterocycles. The Hall–Kier alpha value is -3.41. The summed E-state index contributed by atoms with van der Waals surface area (Å²) in [4.78, 5) is 27.8. The average Bonchev–Trinajstić information content (AvgIpc) is 3.19. The maximum absolute atomic E-state index is 13.1. The first-order valence-corrected chi connectivity index (χ1v) is 10.8. The number of piperidine rings is 1. The third kappa shape index (κ3) is 4.53. The fourth-order valence-electron chi connectivity index (χ4n) is 4.06. The van der Waals surface area contributed by atoms with E-state index in [-0.39, 0.29) is 17.6 Å². The van der Waals surface area contributed by atoms with Crippen molar-refractivity contribution < 1.29 is 14.3 Å². The van der Waals surface area contributed by atoms with Crippen molar-refractivity contribution >= 4 is 11.7 Å². The Kier molecular flexibility index (Phi) is 6.16. The van der Waals surface area contributed by atoms with Gasteiger partial charge in [0.15, 0.2) is 11.5 Å². The lowest BCUT2D eigenvalue weighted by Crippen LogP contribution is -2.42. The molecular formula is C25H27N3O3. The van der Waals surface area contributed by atoms with Crippen molar-refractivity contribution in [2.24, 2.45) is 5.92 Å². The standard InChI is InChI=1S/C25H27N3O3/c1-3-22-17(2)23(27-26-22)25(30)28-15-7-8-19(16-28)24(29)18-11-13-21(14-12-18)31-20-9-5-4-6-10-20/h4-6,9-14,19H,3,7-8,15-16H2,1-2H3,(H,26,27). The molecule has 0 bridgehead atoms. The molecule has 160 valence electrons. The number of para-hydroxylation sites is 1. The van der Waals surface area contributed by atoms with Gasteiger partial charge in [0.25, 0.3) is 5.91 Å². The number of hydrogen-bond acceptors (Lipinski definition) is 4. The first-order valence-electron chi connectivity index (χ1n) is 10.8. The van der Waals surface area contributed by atoms with Crippen molar-refractivity contribution in [3.05, 3.63) is 77.1 Å². The molecule has 3 aromatic rings.